The van der Waals surface area contributed by atoms with E-state index < -0.39 is 11.5 Å². The highest BCUT2D eigenvalue weighted by atomic mass is 32.2. The highest BCUT2D eigenvalue weighted by molar-refractivity contribution is 8.02. The molecule has 3 N–H and O–H groups in total. The molecule has 8 heteroatoms. The zero-order valence-corrected chi connectivity index (χ0v) is 20.2. The van der Waals surface area contributed by atoms with Crippen molar-refractivity contribution in [3.05, 3.63) is 73.6 Å². The normalized spacial score (nSPS) is 12.9. The second kappa shape index (κ2) is 10.2. The van der Waals surface area contributed by atoms with E-state index in [0.29, 0.717) is 22.2 Å². The lowest BCUT2D eigenvalue weighted by atomic mass is 9.82. The number of carbonyl (C=O) groups is 2. The van der Waals surface area contributed by atoms with E-state index in [-0.39, 0.29) is 16.9 Å². The number of thioether (sulfide) groups is 1. The predicted molar refractivity (Wildman–Crippen MR) is 135 cm³/mol. The molecule has 0 fully saturated rings. The van der Waals surface area contributed by atoms with Gasteiger partial charge in [-0.3, -0.25) is 14.4 Å². The fraction of sp³-hybridized carbons (Fsp3) is 0.292. The lowest BCUT2D eigenvalue weighted by Crippen LogP contribution is -2.28. The number of amides is 2. The second-order valence-electron chi connectivity index (χ2n) is 8.29. The van der Waals surface area contributed by atoms with Crippen LogP contribution in [0.25, 0.3) is 10.9 Å². The number of thiophene rings is 1. The molecule has 0 aliphatic carbocycles. The van der Waals surface area contributed by atoms with E-state index in [4.69, 9.17) is 0 Å². The standard InChI is InChI=1S/C20H21N3O3S.C4H6S/c1-20(2,3)14-6-5-11-9-13(17(24)21-4)18(25)23-16(11)15(14)19(26)22-12-7-8-27-10-12;1-2-4-5-3-1/h5-10H,1-4H3,(H,21,24)(H,22,26)(H,23,25);1,3H,2,4H2. The maximum Gasteiger partial charge on any atom is 0.261 e. The monoisotopic (exact) mass is 469 g/mol. The van der Waals surface area contributed by atoms with Crippen molar-refractivity contribution in [1.82, 2.24) is 10.3 Å². The van der Waals surface area contributed by atoms with Crippen LogP contribution in [0.5, 0.6) is 0 Å². The molecule has 3 aromatic rings. The highest BCUT2D eigenvalue weighted by Crippen LogP contribution is 2.31. The van der Waals surface area contributed by atoms with E-state index in [1.165, 1.54) is 36.6 Å². The lowest BCUT2D eigenvalue weighted by molar-refractivity contribution is 0.0961. The van der Waals surface area contributed by atoms with E-state index >= 15 is 0 Å². The van der Waals surface area contributed by atoms with Crippen LogP contribution in [-0.2, 0) is 5.41 Å². The minimum Gasteiger partial charge on any atom is -0.355 e. The zero-order valence-electron chi connectivity index (χ0n) is 18.6. The molecule has 4 rings (SSSR count). The van der Waals surface area contributed by atoms with Gasteiger partial charge in [0.15, 0.2) is 0 Å². The van der Waals surface area contributed by atoms with Crippen LogP contribution in [-0.4, -0.2) is 29.6 Å². The Labute approximate surface area is 195 Å². The number of H-pyrrole nitrogens is 1. The first kappa shape index (κ1) is 23.8. The molecular formula is C24H27N3O3S2. The number of allylic oxidation sites excluding steroid dienone is 1. The molecule has 0 saturated heterocycles. The molecule has 32 heavy (non-hydrogen) atoms. The molecule has 3 heterocycles. The summed E-state index contributed by atoms with van der Waals surface area (Å²) in [5, 5.41) is 11.8. The topological polar surface area (TPSA) is 91.1 Å². The van der Waals surface area contributed by atoms with Crippen molar-refractivity contribution in [2.45, 2.75) is 32.6 Å². The van der Waals surface area contributed by atoms with Crippen molar-refractivity contribution in [1.29, 1.82) is 0 Å². The smallest absolute Gasteiger partial charge is 0.261 e. The summed E-state index contributed by atoms with van der Waals surface area (Å²) < 4.78 is 0. The molecule has 0 spiro atoms. The maximum atomic E-state index is 13.1. The van der Waals surface area contributed by atoms with Crippen molar-refractivity contribution in [2.24, 2.45) is 0 Å². The minimum atomic E-state index is -0.530. The first-order valence-corrected chi connectivity index (χ1v) is 12.2. The van der Waals surface area contributed by atoms with Gasteiger partial charge in [-0.15, -0.1) is 11.8 Å². The van der Waals surface area contributed by atoms with Gasteiger partial charge in [-0.25, -0.2) is 0 Å². The SMILES string of the molecule is C1=CSCC1.CNC(=O)c1cc2ccc(C(C)(C)C)c(C(=O)Nc3ccsc3)c2[nH]c1=O. The average molecular weight is 470 g/mol. The summed E-state index contributed by atoms with van der Waals surface area (Å²) in [5.41, 5.74) is 1.51. The molecule has 0 bridgehead atoms. The maximum absolute atomic E-state index is 13.1. The van der Waals surface area contributed by atoms with Crippen LogP contribution in [0.3, 0.4) is 0 Å². The van der Waals surface area contributed by atoms with E-state index in [1.807, 2.05) is 61.5 Å². The first-order chi connectivity index (χ1) is 15.2. The molecule has 2 aromatic heterocycles. The summed E-state index contributed by atoms with van der Waals surface area (Å²) in [6.45, 7) is 6.02. The van der Waals surface area contributed by atoms with Crippen molar-refractivity contribution >= 4 is 51.5 Å². The Hall–Kier alpha value is -2.84. The summed E-state index contributed by atoms with van der Waals surface area (Å²) in [7, 11) is 1.47. The molecule has 0 unspecified atom stereocenters. The van der Waals surface area contributed by atoms with Crippen LogP contribution in [0.4, 0.5) is 5.69 Å². The van der Waals surface area contributed by atoms with Gasteiger partial charge in [0.1, 0.15) is 5.56 Å². The number of nitrogens with one attached hydrogen (secondary N) is 3. The summed E-state index contributed by atoms with van der Waals surface area (Å²) in [6, 6.07) is 7.02. The molecule has 168 valence electrons. The van der Waals surface area contributed by atoms with Gasteiger partial charge in [0.05, 0.1) is 16.8 Å². The van der Waals surface area contributed by atoms with Gasteiger partial charge in [-0.2, -0.15) is 11.3 Å². The Morgan fingerprint density at radius 3 is 2.44 bits per heavy atom. The molecule has 0 atom stereocenters. The largest absolute Gasteiger partial charge is 0.355 e. The van der Waals surface area contributed by atoms with Gasteiger partial charge in [-0.05, 0) is 45.7 Å². The Morgan fingerprint density at radius 2 is 1.91 bits per heavy atom. The first-order valence-electron chi connectivity index (χ1n) is 10.2. The number of aromatic amines is 1. The fourth-order valence-electron chi connectivity index (χ4n) is 3.31. The summed E-state index contributed by atoms with van der Waals surface area (Å²) in [5.74, 6) is 0.537. The van der Waals surface area contributed by atoms with Gasteiger partial charge >= 0.3 is 0 Å². The van der Waals surface area contributed by atoms with E-state index in [1.54, 1.807) is 0 Å². The van der Waals surface area contributed by atoms with Gasteiger partial charge in [-0.1, -0.05) is 39.0 Å². The van der Waals surface area contributed by atoms with Crippen LogP contribution >= 0.6 is 23.1 Å². The summed E-state index contributed by atoms with van der Waals surface area (Å²) in [6.07, 6.45) is 3.48. The molecule has 6 nitrogen and oxygen atoms in total. The molecule has 2 amide bonds. The molecule has 1 aliphatic heterocycles. The van der Waals surface area contributed by atoms with Crippen molar-refractivity contribution < 1.29 is 9.59 Å². The van der Waals surface area contributed by atoms with Gasteiger partial charge in [0, 0.05) is 18.2 Å². The minimum absolute atomic E-state index is 0.0118. The predicted octanol–water partition coefficient (Wildman–Crippen LogP) is 5.14. The van der Waals surface area contributed by atoms with Crippen LogP contribution in [0.1, 0.15) is 53.5 Å². The van der Waals surface area contributed by atoms with Crippen LogP contribution in [0, 0.1) is 0 Å². The number of carbonyl (C=O) groups excluding carboxylic acids is 2. The lowest BCUT2D eigenvalue weighted by Gasteiger charge is -2.23. The van der Waals surface area contributed by atoms with Gasteiger partial charge in [0.25, 0.3) is 17.4 Å². The molecule has 0 radical (unpaired) electrons. The third kappa shape index (κ3) is 5.49. The number of rotatable bonds is 3. The van der Waals surface area contributed by atoms with E-state index in [9.17, 15) is 14.4 Å². The number of hydrogen-bond acceptors (Lipinski definition) is 5. The fourth-order valence-corrected chi connectivity index (χ4v) is 4.58. The number of benzene rings is 1. The third-order valence-electron chi connectivity index (χ3n) is 4.90. The Balaban J connectivity index is 0.000000509. The second-order valence-corrected chi connectivity index (χ2v) is 10.1. The van der Waals surface area contributed by atoms with Gasteiger partial charge < -0.3 is 15.6 Å². The van der Waals surface area contributed by atoms with Crippen LogP contribution < -0.4 is 16.2 Å². The van der Waals surface area contributed by atoms with E-state index in [0.717, 1.165) is 5.56 Å². The molecular weight excluding hydrogens is 442 g/mol. The number of hydrogen-bond donors (Lipinski definition) is 3. The molecule has 0 saturated carbocycles. The van der Waals surface area contributed by atoms with Crippen molar-refractivity contribution in [3.8, 4) is 0 Å². The zero-order chi connectivity index (χ0) is 23.3. The summed E-state index contributed by atoms with van der Waals surface area (Å²) >= 11 is 3.38. The van der Waals surface area contributed by atoms with Crippen LogP contribution in [0.15, 0.2) is 51.3 Å². The number of anilines is 1. The number of pyridine rings is 1. The quantitative estimate of drug-likeness (QED) is 0.496. The summed E-state index contributed by atoms with van der Waals surface area (Å²) in [4.78, 5) is 40.2. The number of fused-ring (bicyclic) bond motifs is 1. The average Bonchev–Trinajstić information content (AvgIpc) is 3.48. The van der Waals surface area contributed by atoms with E-state index in [2.05, 4.69) is 27.1 Å². The Morgan fingerprint density at radius 1 is 1.12 bits per heavy atom. The van der Waals surface area contributed by atoms with Crippen LogP contribution in [0.2, 0.25) is 0 Å². The Kier molecular flexibility index (Phi) is 7.58. The Bertz CT molecular complexity index is 1200. The highest BCUT2D eigenvalue weighted by Gasteiger charge is 2.25. The molecule has 1 aromatic carbocycles. The van der Waals surface area contributed by atoms with Crippen molar-refractivity contribution in [3.63, 3.8) is 0 Å². The van der Waals surface area contributed by atoms with Crippen molar-refractivity contribution in [2.75, 3.05) is 18.1 Å². The molecule has 1 aliphatic rings. The van der Waals surface area contributed by atoms with Gasteiger partial charge in [0.2, 0.25) is 0 Å². The number of aromatic nitrogens is 1. The third-order valence-corrected chi connectivity index (χ3v) is 6.44.